The first-order valence-electron chi connectivity index (χ1n) is 6.80. The number of hydrogen-bond acceptors (Lipinski definition) is 4. The van der Waals surface area contributed by atoms with E-state index in [9.17, 15) is 0 Å². The fraction of sp³-hybridized carbons (Fsp3) is 0.118. The highest BCUT2D eigenvalue weighted by molar-refractivity contribution is 5.79. The second-order valence-corrected chi connectivity index (χ2v) is 4.62. The Kier molecular flexibility index (Phi) is 3.74. The van der Waals surface area contributed by atoms with Crippen molar-refractivity contribution in [2.24, 2.45) is 0 Å². The number of fused-ring (bicyclic) bond motifs is 1. The molecule has 0 radical (unpaired) electrons. The van der Waals surface area contributed by atoms with Crippen LogP contribution >= 0.6 is 0 Å². The number of aromatic nitrogens is 2. The van der Waals surface area contributed by atoms with Crippen LogP contribution in [0.4, 0.5) is 11.6 Å². The third-order valence-electron chi connectivity index (χ3n) is 3.23. The Morgan fingerprint density at radius 2 is 1.76 bits per heavy atom. The number of nitriles is 1. The quantitative estimate of drug-likeness (QED) is 0.728. The molecule has 3 aromatic rings. The summed E-state index contributed by atoms with van der Waals surface area (Å²) in [5, 5.41) is 9.87. The average Bonchev–Trinajstić information content (AvgIpc) is 2.56. The molecular formula is C17H14N4. The van der Waals surface area contributed by atoms with Crippen molar-refractivity contribution in [1.29, 1.82) is 5.26 Å². The molecule has 0 bridgehead atoms. The molecule has 3 rings (SSSR count). The Bertz CT molecular complexity index is 777. The Balaban J connectivity index is 2.03. The van der Waals surface area contributed by atoms with Crippen LogP contribution in [0.1, 0.15) is 6.42 Å². The van der Waals surface area contributed by atoms with Gasteiger partial charge in [0.15, 0.2) is 0 Å². The number of nitrogens with zero attached hydrogens (tertiary/aromatic N) is 4. The molecule has 2 aromatic carbocycles. The summed E-state index contributed by atoms with van der Waals surface area (Å²) >= 11 is 0. The van der Waals surface area contributed by atoms with E-state index in [2.05, 4.69) is 16.0 Å². The molecule has 0 aliphatic heterocycles. The van der Waals surface area contributed by atoms with E-state index in [1.165, 1.54) is 0 Å². The van der Waals surface area contributed by atoms with E-state index in [1.54, 1.807) is 0 Å². The van der Waals surface area contributed by atoms with Gasteiger partial charge in [-0.1, -0.05) is 36.4 Å². The molecule has 0 N–H and O–H groups in total. The summed E-state index contributed by atoms with van der Waals surface area (Å²) < 4.78 is 0. The van der Waals surface area contributed by atoms with E-state index in [0.29, 0.717) is 18.9 Å². The molecular weight excluding hydrogens is 260 g/mol. The molecule has 1 aromatic heterocycles. The SMILES string of the molecule is N#CCCN(c1ccccc1)c1ncc2ccccc2n1. The van der Waals surface area contributed by atoms with Crippen molar-refractivity contribution in [3.8, 4) is 6.07 Å². The summed E-state index contributed by atoms with van der Waals surface area (Å²) in [7, 11) is 0. The molecule has 102 valence electrons. The minimum absolute atomic E-state index is 0.422. The maximum atomic E-state index is 8.86. The molecule has 0 aliphatic carbocycles. The fourth-order valence-electron chi connectivity index (χ4n) is 2.21. The molecule has 21 heavy (non-hydrogen) atoms. The summed E-state index contributed by atoms with van der Waals surface area (Å²) in [4.78, 5) is 11.0. The number of rotatable bonds is 4. The van der Waals surface area contributed by atoms with Gasteiger partial charge in [0.2, 0.25) is 5.95 Å². The molecule has 0 spiro atoms. The Morgan fingerprint density at radius 1 is 1.00 bits per heavy atom. The summed E-state index contributed by atoms with van der Waals surface area (Å²) in [5.41, 5.74) is 1.89. The van der Waals surface area contributed by atoms with Crippen LogP contribution in [0, 0.1) is 11.3 Å². The largest absolute Gasteiger partial charge is 0.309 e. The minimum Gasteiger partial charge on any atom is -0.309 e. The molecule has 0 aliphatic rings. The van der Waals surface area contributed by atoms with Gasteiger partial charge in [0.05, 0.1) is 18.0 Å². The van der Waals surface area contributed by atoms with Gasteiger partial charge in [-0.25, -0.2) is 9.97 Å². The van der Waals surface area contributed by atoms with Crippen LogP contribution in [0.5, 0.6) is 0 Å². The van der Waals surface area contributed by atoms with Crippen molar-refractivity contribution in [3.63, 3.8) is 0 Å². The summed E-state index contributed by atoms with van der Waals surface area (Å²) in [6.07, 6.45) is 2.24. The van der Waals surface area contributed by atoms with Crippen molar-refractivity contribution in [1.82, 2.24) is 9.97 Å². The van der Waals surface area contributed by atoms with Gasteiger partial charge in [0.1, 0.15) is 0 Å². The zero-order valence-electron chi connectivity index (χ0n) is 11.5. The molecule has 0 amide bonds. The Morgan fingerprint density at radius 3 is 2.57 bits per heavy atom. The molecule has 0 unspecified atom stereocenters. The average molecular weight is 274 g/mol. The number of hydrogen-bond donors (Lipinski definition) is 0. The number of anilines is 2. The van der Waals surface area contributed by atoms with Gasteiger partial charge in [0, 0.05) is 23.8 Å². The molecule has 1 heterocycles. The van der Waals surface area contributed by atoms with Crippen LogP contribution in [0.2, 0.25) is 0 Å². The van der Waals surface area contributed by atoms with Crippen molar-refractivity contribution in [3.05, 3.63) is 60.8 Å². The molecule has 0 fully saturated rings. The van der Waals surface area contributed by atoms with Gasteiger partial charge < -0.3 is 4.90 Å². The highest BCUT2D eigenvalue weighted by Gasteiger charge is 2.12. The lowest BCUT2D eigenvalue weighted by Gasteiger charge is -2.21. The third kappa shape index (κ3) is 2.82. The molecule has 0 saturated heterocycles. The van der Waals surface area contributed by atoms with Crippen LogP contribution in [-0.4, -0.2) is 16.5 Å². The molecule has 0 atom stereocenters. The molecule has 0 saturated carbocycles. The van der Waals surface area contributed by atoms with Gasteiger partial charge in [-0.05, 0) is 18.2 Å². The predicted octanol–water partition coefficient (Wildman–Crippen LogP) is 3.68. The van der Waals surface area contributed by atoms with Gasteiger partial charge in [-0.15, -0.1) is 0 Å². The number of para-hydroxylation sites is 2. The Hall–Kier alpha value is -2.93. The fourth-order valence-corrected chi connectivity index (χ4v) is 2.21. The van der Waals surface area contributed by atoms with E-state index in [1.807, 2.05) is 65.7 Å². The van der Waals surface area contributed by atoms with E-state index >= 15 is 0 Å². The topological polar surface area (TPSA) is 52.8 Å². The zero-order valence-corrected chi connectivity index (χ0v) is 11.5. The highest BCUT2D eigenvalue weighted by Crippen LogP contribution is 2.23. The summed E-state index contributed by atoms with van der Waals surface area (Å²) in [6, 6.07) is 20.0. The van der Waals surface area contributed by atoms with E-state index in [-0.39, 0.29) is 0 Å². The highest BCUT2D eigenvalue weighted by atomic mass is 15.2. The van der Waals surface area contributed by atoms with Crippen molar-refractivity contribution >= 4 is 22.5 Å². The first-order chi connectivity index (χ1) is 10.4. The van der Waals surface area contributed by atoms with E-state index in [4.69, 9.17) is 5.26 Å². The molecule has 4 heteroatoms. The Labute approximate surface area is 123 Å². The van der Waals surface area contributed by atoms with E-state index < -0.39 is 0 Å². The van der Waals surface area contributed by atoms with Crippen LogP contribution in [-0.2, 0) is 0 Å². The van der Waals surface area contributed by atoms with Crippen LogP contribution in [0.3, 0.4) is 0 Å². The van der Waals surface area contributed by atoms with E-state index in [0.717, 1.165) is 16.6 Å². The maximum absolute atomic E-state index is 8.86. The minimum atomic E-state index is 0.422. The van der Waals surface area contributed by atoms with Crippen LogP contribution < -0.4 is 4.90 Å². The normalized spacial score (nSPS) is 10.2. The standard InChI is InChI=1S/C17H14N4/c18-11-6-12-21(15-8-2-1-3-9-15)17-19-13-14-7-4-5-10-16(14)20-17/h1-5,7-10,13H,6,12H2. The zero-order chi connectivity index (χ0) is 14.5. The van der Waals surface area contributed by atoms with Gasteiger partial charge in [0.25, 0.3) is 0 Å². The van der Waals surface area contributed by atoms with Gasteiger partial charge in [-0.3, -0.25) is 0 Å². The monoisotopic (exact) mass is 274 g/mol. The number of benzene rings is 2. The lowest BCUT2D eigenvalue weighted by molar-refractivity contribution is 0.905. The van der Waals surface area contributed by atoms with Gasteiger partial charge in [-0.2, -0.15) is 5.26 Å². The first-order valence-corrected chi connectivity index (χ1v) is 6.80. The van der Waals surface area contributed by atoms with Gasteiger partial charge >= 0.3 is 0 Å². The predicted molar refractivity (Wildman–Crippen MR) is 83.2 cm³/mol. The third-order valence-corrected chi connectivity index (χ3v) is 3.23. The van der Waals surface area contributed by atoms with Crippen molar-refractivity contribution < 1.29 is 0 Å². The van der Waals surface area contributed by atoms with Crippen molar-refractivity contribution in [2.45, 2.75) is 6.42 Å². The summed E-state index contributed by atoms with van der Waals surface area (Å²) in [6.45, 7) is 0.568. The lowest BCUT2D eigenvalue weighted by Crippen LogP contribution is -2.20. The van der Waals surface area contributed by atoms with Crippen LogP contribution in [0.15, 0.2) is 60.8 Å². The first kappa shape index (κ1) is 13.1. The second-order valence-electron chi connectivity index (χ2n) is 4.62. The lowest BCUT2D eigenvalue weighted by atomic mass is 10.2. The molecule has 4 nitrogen and oxygen atoms in total. The smallest absolute Gasteiger partial charge is 0.230 e. The summed E-state index contributed by atoms with van der Waals surface area (Å²) in [5.74, 6) is 0.621. The van der Waals surface area contributed by atoms with Crippen molar-refractivity contribution in [2.75, 3.05) is 11.4 Å². The second kappa shape index (κ2) is 6.02. The maximum Gasteiger partial charge on any atom is 0.230 e. The van der Waals surface area contributed by atoms with Crippen LogP contribution in [0.25, 0.3) is 10.9 Å².